The Kier molecular flexibility index (Phi) is 3.95. The highest BCUT2D eigenvalue weighted by atomic mass is 16.5. The van der Waals surface area contributed by atoms with Gasteiger partial charge in [0.25, 0.3) is 5.91 Å². The van der Waals surface area contributed by atoms with Crippen LogP contribution < -0.4 is 20.7 Å². The second-order valence-electron chi connectivity index (χ2n) is 5.35. The standard InChI is InChI=1S/C15H17N3O4/c19-13(6-5-11-14(20)18-15(21)17-11)16-10-7-8-22-12-4-2-1-3-9(10)12/h1-4,10-11H,5-8H2,(H,16,19)(H2,17,18,20,21). The van der Waals surface area contributed by atoms with E-state index >= 15 is 0 Å². The Labute approximate surface area is 127 Å². The maximum Gasteiger partial charge on any atom is 0.322 e. The molecule has 2 atom stereocenters. The van der Waals surface area contributed by atoms with Gasteiger partial charge in [0.2, 0.25) is 5.91 Å². The van der Waals surface area contributed by atoms with Gasteiger partial charge < -0.3 is 15.4 Å². The number of carbonyl (C=O) groups is 3. The highest BCUT2D eigenvalue weighted by molar-refractivity contribution is 6.04. The van der Waals surface area contributed by atoms with Gasteiger partial charge in [-0.2, -0.15) is 0 Å². The summed E-state index contributed by atoms with van der Waals surface area (Å²) in [5, 5.41) is 7.59. The van der Waals surface area contributed by atoms with Crippen molar-refractivity contribution in [3.8, 4) is 5.75 Å². The predicted molar refractivity (Wildman–Crippen MR) is 77.1 cm³/mol. The van der Waals surface area contributed by atoms with Crippen molar-refractivity contribution < 1.29 is 19.1 Å². The van der Waals surface area contributed by atoms with Gasteiger partial charge in [-0.1, -0.05) is 18.2 Å². The first-order chi connectivity index (χ1) is 10.6. The molecule has 1 saturated heterocycles. The minimum atomic E-state index is -0.625. The van der Waals surface area contributed by atoms with E-state index in [4.69, 9.17) is 4.74 Å². The highest BCUT2D eigenvalue weighted by Gasteiger charge is 2.30. The second-order valence-corrected chi connectivity index (χ2v) is 5.35. The van der Waals surface area contributed by atoms with Crippen LogP contribution >= 0.6 is 0 Å². The van der Waals surface area contributed by atoms with Crippen LogP contribution in [0, 0.1) is 0 Å². The van der Waals surface area contributed by atoms with Crippen molar-refractivity contribution in [2.45, 2.75) is 31.3 Å². The molecule has 1 aromatic rings. The SMILES string of the molecule is O=C(CCC1NC(=O)NC1=O)NC1CCOc2ccccc21. The van der Waals surface area contributed by atoms with Gasteiger partial charge in [-0.25, -0.2) is 4.79 Å². The smallest absolute Gasteiger partial charge is 0.322 e. The number of rotatable bonds is 4. The molecule has 7 heteroatoms. The van der Waals surface area contributed by atoms with Crippen LogP contribution in [-0.2, 0) is 9.59 Å². The summed E-state index contributed by atoms with van der Waals surface area (Å²) in [4.78, 5) is 34.5. The van der Waals surface area contributed by atoms with Crippen LogP contribution in [0.2, 0.25) is 0 Å². The first kappa shape index (κ1) is 14.4. The van der Waals surface area contributed by atoms with Gasteiger partial charge >= 0.3 is 6.03 Å². The number of amides is 4. The number of benzene rings is 1. The summed E-state index contributed by atoms with van der Waals surface area (Å²) >= 11 is 0. The minimum absolute atomic E-state index is 0.0792. The van der Waals surface area contributed by atoms with Crippen molar-refractivity contribution in [3.05, 3.63) is 29.8 Å². The van der Waals surface area contributed by atoms with Crippen molar-refractivity contribution in [2.75, 3.05) is 6.61 Å². The fourth-order valence-electron chi connectivity index (χ4n) is 2.70. The highest BCUT2D eigenvalue weighted by Crippen LogP contribution is 2.31. The molecule has 2 aliphatic heterocycles. The van der Waals surface area contributed by atoms with Crippen LogP contribution in [0.25, 0.3) is 0 Å². The molecule has 4 amide bonds. The molecule has 22 heavy (non-hydrogen) atoms. The topological polar surface area (TPSA) is 96.5 Å². The number of hydrogen-bond acceptors (Lipinski definition) is 4. The lowest BCUT2D eigenvalue weighted by atomic mass is 10.00. The van der Waals surface area contributed by atoms with E-state index in [2.05, 4.69) is 16.0 Å². The van der Waals surface area contributed by atoms with Crippen molar-refractivity contribution in [3.63, 3.8) is 0 Å². The van der Waals surface area contributed by atoms with Crippen LogP contribution in [-0.4, -0.2) is 30.5 Å². The molecule has 0 spiro atoms. The Morgan fingerprint density at radius 1 is 1.32 bits per heavy atom. The minimum Gasteiger partial charge on any atom is -0.493 e. The number of para-hydroxylation sites is 1. The van der Waals surface area contributed by atoms with E-state index in [0.29, 0.717) is 13.0 Å². The zero-order chi connectivity index (χ0) is 15.5. The van der Waals surface area contributed by atoms with E-state index in [0.717, 1.165) is 11.3 Å². The second kappa shape index (κ2) is 6.05. The van der Waals surface area contributed by atoms with Crippen molar-refractivity contribution in [1.29, 1.82) is 0 Å². The first-order valence-electron chi connectivity index (χ1n) is 7.26. The molecule has 7 nitrogen and oxygen atoms in total. The molecular weight excluding hydrogens is 286 g/mol. The van der Waals surface area contributed by atoms with E-state index in [1.54, 1.807) is 0 Å². The van der Waals surface area contributed by atoms with Gasteiger partial charge in [-0.05, 0) is 12.5 Å². The number of imide groups is 1. The number of carbonyl (C=O) groups excluding carboxylic acids is 3. The molecule has 0 aromatic heterocycles. The molecule has 3 rings (SSSR count). The lowest BCUT2D eigenvalue weighted by Gasteiger charge is -2.26. The van der Waals surface area contributed by atoms with E-state index in [1.807, 2.05) is 24.3 Å². The molecule has 3 N–H and O–H groups in total. The monoisotopic (exact) mass is 303 g/mol. The summed E-state index contributed by atoms with van der Waals surface area (Å²) in [5.74, 6) is 0.270. The fourth-order valence-corrected chi connectivity index (χ4v) is 2.70. The molecule has 1 fully saturated rings. The van der Waals surface area contributed by atoms with Crippen LogP contribution in [0.15, 0.2) is 24.3 Å². The Morgan fingerprint density at radius 2 is 2.14 bits per heavy atom. The van der Waals surface area contributed by atoms with Crippen LogP contribution in [0.1, 0.15) is 30.9 Å². The Morgan fingerprint density at radius 3 is 2.91 bits per heavy atom. The van der Waals surface area contributed by atoms with Crippen molar-refractivity contribution >= 4 is 17.8 Å². The molecule has 116 valence electrons. The number of hydrogen-bond donors (Lipinski definition) is 3. The largest absolute Gasteiger partial charge is 0.493 e. The molecule has 2 heterocycles. The summed E-state index contributed by atoms with van der Waals surface area (Å²) < 4.78 is 5.55. The Hall–Kier alpha value is -2.57. The van der Waals surface area contributed by atoms with Gasteiger partial charge in [0.15, 0.2) is 0 Å². The molecule has 2 aliphatic rings. The quantitative estimate of drug-likeness (QED) is 0.710. The first-order valence-corrected chi connectivity index (χ1v) is 7.26. The number of urea groups is 1. The third-order valence-corrected chi connectivity index (χ3v) is 3.81. The summed E-state index contributed by atoms with van der Waals surface area (Å²) in [6, 6.07) is 6.41. The number of fused-ring (bicyclic) bond motifs is 1. The molecule has 0 aliphatic carbocycles. The van der Waals surface area contributed by atoms with E-state index in [-0.39, 0.29) is 30.7 Å². The van der Waals surface area contributed by atoms with Gasteiger partial charge in [0.05, 0.1) is 12.6 Å². The summed E-state index contributed by atoms with van der Waals surface area (Å²) in [6.45, 7) is 0.559. The normalized spacial score (nSPS) is 23.1. The summed E-state index contributed by atoms with van der Waals surface area (Å²) in [6.07, 6.45) is 1.18. The van der Waals surface area contributed by atoms with Gasteiger partial charge in [-0.15, -0.1) is 0 Å². The zero-order valence-corrected chi connectivity index (χ0v) is 11.9. The van der Waals surface area contributed by atoms with Gasteiger partial charge in [-0.3, -0.25) is 14.9 Å². The molecule has 1 aromatic carbocycles. The summed E-state index contributed by atoms with van der Waals surface area (Å²) in [5.41, 5.74) is 0.967. The third-order valence-electron chi connectivity index (χ3n) is 3.81. The van der Waals surface area contributed by atoms with Gasteiger partial charge in [0, 0.05) is 18.4 Å². The lowest BCUT2D eigenvalue weighted by Crippen LogP contribution is -2.34. The summed E-state index contributed by atoms with van der Waals surface area (Å²) in [7, 11) is 0. The maximum atomic E-state index is 12.1. The molecule has 0 saturated carbocycles. The zero-order valence-electron chi connectivity index (χ0n) is 11.9. The average Bonchev–Trinajstić information content (AvgIpc) is 2.83. The van der Waals surface area contributed by atoms with Crippen molar-refractivity contribution in [2.24, 2.45) is 0 Å². The maximum absolute atomic E-state index is 12.1. The van der Waals surface area contributed by atoms with Crippen LogP contribution in [0.4, 0.5) is 4.79 Å². The predicted octanol–water partition coefficient (Wildman–Crippen LogP) is 0.615. The lowest BCUT2D eigenvalue weighted by molar-refractivity contribution is -0.122. The Bertz CT molecular complexity index is 617. The Balaban J connectivity index is 1.54. The number of ether oxygens (including phenoxy) is 1. The molecule has 0 radical (unpaired) electrons. The van der Waals surface area contributed by atoms with Crippen LogP contribution in [0.5, 0.6) is 5.75 Å². The average molecular weight is 303 g/mol. The van der Waals surface area contributed by atoms with Crippen LogP contribution in [0.3, 0.4) is 0 Å². The van der Waals surface area contributed by atoms with Crippen molar-refractivity contribution in [1.82, 2.24) is 16.0 Å². The third kappa shape index (κ3) is 3.03. The van der Waals surface area contributed by atoms with E-state index in [1.165, 1.54) is 0 Å². The van der Waals surface area contributed by atoms with Gasteiger partial charge in [0.1, 0.15) is 11.8 Å². The molecular formula is C15H17N3O4. The number of nitrogens with one attached hydrogen (secondary N) is 3. The van der Waals surface area contributed by atoms with E-state index in [9.17, 15) is 14.4 Å². The molecule has 0 bridgehead atoms. The van der Waals surface area contributed by atoms with E-state index < -0.39 is 12.1 Å². The fraction of sp³-hybridized carbons (Fsp3) is 0.400. The molecule has 2 unspecified atom stereocenters.